The van der Waals surface area contributed by atoms with E-state index in [-0.39, 0.29) is 36.9 Å². The van der Waals surface area contributed by atoms with Crippen LogP contribution in [-0.2, 0) is 52.3 Å². The molecule has 4 aromatic rings. The number of nitrogens with zero attached hydrogens (tertiary/aromatic N) is 3. The zero-order chi connectivity index (χ0) is 49.8. The fraction of sp³-hybridized carbons (Fsp3) is 0.500. The Kier molecular flexibility index (Phi) is 13.1. The number of hydrogen-bond acceptors (Lipinski definition) is 13. The van der Waals surface area contributed by atoms with Gasteiger partial charge in [0.25, 0.3) is 0 Å². The molecule has 14 nitrogen and oxygen atoms in total. The maximum atomic E-state index is 14.4. The van der Waals surface area contributed by atoms with Gasteiger partial charge in [-0.1, -0.05) is 64.1 Å². The summed E-state index contributed by atoms with van der Waals surface area (Å²) in [5.41, 5.74) is 3.97. The van der Waals surface area contributed by atoms with Crippen molar-refractivity contribution >= 4 is 30.1 Å². The van der Waals surface area contributed by atoms with Crippen LogP contribution >= 0.6 is 0 Å². The number of ether oxygens (including phenoxy) is 6. The summed E-state index contributed by atoms with van der Waals surface area (Å²) < 4.78 is 37.5. The lowest BCUT2D eigenvalue weighted by molar-refractivity contribution is -0.179. The predicted octanol–water partition coefficient (Wildman–Crippen LogP) is 8.53. The van der Waals surface area contributed by atoms with Gasteiger partial charge in [-0.3, -0.25) is 14.4 Å². The molecule has 1 saturated heterocycles. The first-order valence-electron chi connectivity index (χ1n) is 24.6. The molecule has 5 aliphatic rings. The van der Waals surface area contributed by atoms with Crippen LogP contribution in [0.2, 0.25) is 0 Å². The average Bonchev–Trinajstić information content (AvgIpc) is 4.14. The van der Waals surface area contributed by atoms with Crippen molar-refractivity contribution < 1.29 is 53.0 Å². The molecule has 3 aliphatic heterocycles. The quantitative estimate of drug-likeness (QED) is 0.0662. The molecule has 0 saturated carbocycles. The third-order valence-corrected chi connectivity index (χ3v) is 15.5. The summed E-state index contributed by atoms with van der Waals surface area (Å²) >= 11 is 0. The van der Waals surface area contributed by atoms with Crippen molar-refractivity contribution in [2.45, 2.75) is 152 Å². The van der Waals surface area contributed by atoms with E-state index in [0.29, 0.717) is 48.8 Å². The molecule has 2 unspecified atom stereocenters. The molecule has 1 spiro atoms. The summed E-state index contributed by atoms with van der Waals surface area (Å²) in [5.74, 6) is -1.45. The molecule has 4 heterocycles. The second kappa shape index (κ2) is 18.7. The number of fused-ring (bicyclic) bond motifs is 4. The highest BCUT2D eigenvalue weighted by molar-refractivity contribution is 5.90. The van der Waals surface area contributed by atoms with Gasteiger partial charge in [-0.2, -0.15) is 5.10 Å². The maximum Gasteiger partial charge on any atom is 0.339 e. The zero-order valence-electron chi connectivity index (χ0n) is 41.7. The third kappa shape index (κ3) is 9.49. The molecule has 2 N–H and O–H groups in total. The predicted molar refractivity (Wildman–Crippen MR) is 262 cm³/mol. The minimum atomic E-state index is -2.26. The molecule has 2 aliphatic carbocycles. The van der Waals surface area contributed by atoms with Crippen molar-refractivity contribution in [3.63, 3.8) is 0 Å². The van der Waals surface area contributed by atoms with Gasteiger partial charge < -0.3 is 38.6 Å². The van der Waals surface area contributed by atoms with Crippen LogP contribution in [0, 0.1) is 0 Å². The first kappa shape index (κ1) is 49.0. The molecular formula is C56H67N3O11. The Balaban J connectivity index is 0.993. The first-order chi connectivity index (χ1) is 33.2. The molecule has 3 aromatic carbocycles. The van der Waals surface area contributed by atoms with E-state index in [1.54, 1.807) is 32.2 Å². The van der Waals surface area contributed by atoms with E-state index in [1.165, 1.54) is 30.9 Å². The van der Waals surface area contributed by atoms with E-state index in [2.05, 4.69) is 62.0 Å². The number of carbonyl (C=O) groups is 3. The summed E-state index contributed by atoms with van der Waals surface area (Å²) in [4.78, 5) is 43.5. The third-order valence-electron chi connectivity index (χ3n) is 15.5. The van der Waals surface area contributed by atoms with Crippen molar-refractivity contribution in [2.24, 2.45) is 0 Å². The molecule has 9 rings (SSSR count). The van der Waals surface area contributed by atoms with Crippen LogP contribution in [0.15, 0.2) is 78.8 Å². The highest BCUT2D eigenvalue weighted by Crippen LogP contribution is 2.57. The molecule has 5 atom stereocenters. The molecule has 14 heteroatoms. The molecule has 0 radical (unpaired) electrons. The van der Waals surface area contributed by atoms with Gasteiger partial charge in [0.2, 0.25) is 6.79 Å². The molecule has 1 fully saturated rings. The summed E-state index contributed by atoms with van der Waals surface area (Å²) in [6, 6.07) is 17.9. The Morgan fingerprint density at radius 3 is 2.29 bits per heavy atom. The highest BCUT2D eigenvalue weighted by atomic mass is 16.7. The number of hydrogen-bond donors (Lipinski definition) is 2. The van der Waals surface area contributed by atoms with Crippen LogP contribution < -0.4 is 9.47 Å². The number of methoxy groups -OCH3 is 2. The monoisotopic (exact) mass is 957 g/mol. The van der Waals surface area contributed by atoms with Crippen LogP contribution in [0.5, 0.6) is 11.5 Å². The topological polar surface area (TPSA) is 168 Å². The van der Waals surface area contributed by atoms with Crippen LogP contribution in [0.4, 0.5) is 0 Å². The summed E-state index contributed by atoms with van der Waals surface area (Å²) in [6.07, 6.45) is 11.8. The van der Waals surface area contributed by atoms with Gasteiger partial charge in [-0.15, -0.1) is 0 Å². The van der Waals surface area contributed by atoms with Gasteiger partial charge in [0.05, 0.1) is 49.8 Å². The van der Waals surface area contributed by atoms with Crippen LogP contribution in [0.3, 0.4) is 0 Å². The van der Waals surface area contributed by atoms with E-state index in [1.807, 2.05) is 47.3 Å². The van der Waals surface area contributed by atoms with Crippen molar-refractivity contribution in [1.82, 2.24) is 14.7 Å². The maximum absolute atomic E-state index is 14.4. The Labute approximate surface area is 410 Å². The lowest BCUT2D eigenvalue weighted by Crippen LogP contribution is -2.53. The van der Waals surface area contributed by atoms with Gasteiger partial charge in [0, 0.05) is 25.4 Å². The Morgan fingerprint density at radius 1 is 0.900 bits per heavy atom. The van der Waals surface area contributed by atoms with E-state index < -0.39 is 59.3 Å². The number of carbonyl (C=O) groups excluding carboxylic acids is 3. The normalized spacial score (nSPS) is 23.8. The molecule has 70 heavy (non-hydrogen) atoms. The van der Waals surface area contributed by atoms with Gasteiger partial charge in [0.1, 0.15) is 5.76 Å². The average molecular weight is 958 g/mol. The minimum Gasteiger partial charge on any atom is -0.497 e. The highest BCUT2D eigenvalue weighted by Gasteiger charge is 2.61. The van der Waals surface area contributed by atoms with Crippen molar-refractivity contribution in [3.8, 4) is 11.5 Å². The SMILES string of the molecule is COC(=O)CC(O)(CCCC(C)(C)O)C(=O)O[C@@H]1C(OC)=C[C@]23CCCN2C(OC(=O)c2ccc(/C=C/c4cc5c(cc4Cn4cccn4)C(C)(C)CCC5(C)C)cc2)Cc2cc4c(cc2[C@H]13)OCO4. The number of aromatic nitrogens is 2. The van der Waals surface area contributed by atoms with Crippen LogP contribution in [0.1, 0.15) is 148 Å². The fourth-order valence-electron chi connectivity index (χ4n) is 11.5. The van der Waals surface area contributed by atoms with E-state index in [0.717, 1.165) is 41.5 Å². The zero-order valence-corrected chi connectivity index (χ0v) is 41.7. The number of aliphatic hydroxyl groups is 2. The van der Waals surface area contributed by atoms with Gasteiger partial charge in [-0.05, 0) is 145 Å². The fourth-order valence-corrected chi connectivity index (χ4v) is 11.5. The van der Waals surface area contributed by atoms with Crippen molar-refractivity contribution in [3.05, 3.63) is 123 Å². The molecular weight excluding hydrogens is 891 g/mol. The Morgan fingerprint density at radius 2 is 1.61 bits per heavy atom. The van der Waals surface area contributed by atoms with Gasteiger partial charge in [-0.25, -0.2) is 9.59 Å². The largest absolute Gasteiger partial charge is 0.497 e. The second-order valence-electron chi connectivity index (χ2n) is 21.8. The number of esters is 3. The standard InChI is InChI=1S/C56H67N3O11/c1-52(2)21-22-53(3,4)42-27-39(33-58-24-11-23-57-58)37(26-41(42)52)17-14-35-12-15-36(16-13-35)50(61)69-46-29-38-28-43-44(68-34-67-43)30-40(38)48-49(45(65-7)31-55(48)19-10-25-59(46)55)70-51(62)56(64,32-47(60)66-8)20-9-18-54(5,6)63/h11-17,23-24,26-28,30-31,46,48-49,63-64H,9-10,18-22,25,29,32-34H2,1-8H3/b17-14+/t46?,48-,49-,55+,56?/m1/s1. The Bertz CT molecular complexity index is 2700. The summed E-state index contributed by atoms with van der Waals surface area (Å²) in [6.45, 7) is 13.9. The molecule has 1 aromatic heterocycles. The second-order valence-corrected chi connectivity index (χ2v) is 21.8. The van der Waals surface area contributed by atoms with E-state index in [4.69, 9.17) is 28.4 Å². The van der Waals surface area contributed by atoms with Crippen LogP contribution in [0.25, 0.3) is 12.2 Å². The molecule has 0 amide bonds. The molecule has 372 valence electrons. The first-order valence-corrected chi connectivity index (χ1v) is 24.6. The smallest absolute Gasteiger partial charge is 0.339 e. The number of rotatable bonds is 15. The van der Waals surface area contributed by atoms with Crippen molar-refractivity contribution in [2.75, 3.05) is 27.6 Å². The number of benzene rings is 3. The molecule has 0 bridgehead atoms. The van der Waals surface area contributed by atoms with Gasteiger partial charge in [0.15, 0.2) is 29.4 Å². The lowest BCUT2D eigenvalue weighted by atomic mass is 9.62. The van der Waals surface area contributed by atoms with Crippen molar-refractivity contribution in [1.29, 1.82) is 0 Å². The summed E-state index contributed by atoms with van der Waals surface area (Å²) in [7, 11) is 2.69. The lowest BCUT2D eigenvalue weighted by Gasteiger charge is -2.42. The Hall–Kier alpha value is -5.96. The minimum absolute atomic E-state index is 0.0330. The van der Waals surface area contributed by atoms with Crippen LogP contribution in [-0.4, -0.2) is 99.4 Å². The van der Waals surface area contributed by atoms with E-state index in [9.17, 15) is 24.6 Å². The van der Waals surface area contributed by atoms with Gasteiger partial charge >= 0.3 is 17.9 Å². The van der Waals surface area contributed by atoms with E-state index >= 15 is 0 Å². The summed E-state index contributed by atoms with van der Waals surface area (Å²) in [5, 5.41) is 26.8.